The van der Waals surface area contributed by atoms with Crippen molar-refractivity contribution in [1.29, 1.82) is 0 Å². The lowest BCUT2D eigenvalue weighted by molar-refractivity contribution is -0.409. The van der Waals surface area contributed by atoms with E-state index < -0.39 is 178 Å². The normalized spacial score (nSPS) is 42.0. The van der Waals surface area contributed by atoms with Gasteiger partial charge in [-0.25, -0.2) is 0 Å². The summed E-state index contributed by atoms with van der Waals surface area (Å²) >= 11 is 0. The summed E-state index contributed by atoms with van der Waals surface area (Å²) in [6, 6.07) is 0. The van der Waals surface area contributed by atoms with Gasteiger partial charge in [-0.2, -0.15) is 0 Å². The Bertz CT molecular complexity index is 1660. The first-order valence-electron chi connectivity index (χ1n) is 26.6. The second kappa shape index (κ2) is 29.5. The summed E-state index contributed by atoms with van der Waals surface area (Å²) in [5.41, 5.74) is 0. The van der Waals surface area contributed by atoms with E-state index in [1.807, 2.05) is 0 Å². The lowest BCUT2D eigenvalue weighted by Crippen LogP contribution is -2.69. The molecule has 0 aromatic carbocycles. The zero-order valence-electron chi connectivity index (χ0n) is 43.4. The molecule has 5 rings (SSSR count). The molecule has 0 aromatic heterocycles. The summed E-state index contributed by atoms with van der Waals surface area (Å²) in [5, 5.41) is 101. The Morgan fingerprint density at radius 3 is 1.82 bits per heavy atom. The highest BCUT2D eigenvalue weighted by atomic mass is 16.8. The van der Waals surface area contributed by atoms with Gasteiger partial charge in [0.1, 0.15) is 67.1 Å². The van der Waals surface area contributed by atoms with Crippen LogP contribution in [0.3, 0.4) is 0 Å². The number of carbonyl (C=O) groups is 3. The number of carbonyl (C=O) groups excluding carboxylic acids is 3. The molecule has 0 saturated carbocycles. The van der Waals surface area contributed by atoms with Gasteiger partial charge in [0, 0.05) is 6.42 Å². The van der Waals surface area contributed by atoms with Gasteiger partial charge >= 0.3 is 17.9 Å². The summed E-state index contributed by atoms with van der Waals surface area (Å²) in [4.78, 5) is 40.6. The van der Waals surface area contributed by atoms with Crippen molar-refractivity contribution in [2.45, 2.75) is 273 Å². The smallest absolute Gasteiger partial charge is 0.311 e. The molecule has 0 aliphatic carbocycles. The van der Waals surface area contributed by atoms with Crippen LogP contribution in [0.1, 0.15) is 138 Å². The molecular formula is C50H86O23. The van der Waals surface area contributed by atoms with Gasteiger partial charge in [0.05, 0.1) is 49.5 Å². The van der Waals surface area contributed by atoms with Crippen molar-refractivity contribution in [3.63, 3.8) is 0 Å². The van der Waals surface area contributed by atoms with Crippen LogP contribution in [0.2, 0.25) is 0 Å². The van der Waals surface area contributed by atoms with Crippen LogP contribution in [0.15, 0.2) is 0 Å². The fraction of sp³-hybridized carbons (Fsp3) is 0.940. The van der Waals surface area contributed by atoms with Gasteiger partial charge in [0.15, 0.2) is 43.5 Å². The number of ether oxygens (including phenoxy) is 11. The molecule has 23 heteroatoms. The van der Waals surface area contributed by atoms with E-state index in [-0.39, 0.29) is 6.42 Å². The first-order valence-corrected chi connectivity index (χ1v) is 26.6. The minimum Gasteiger partial charge on any atom is -0.455 e. The molecule has 5 aliphatic rings. The maximum atomic E-state index is 13.8. The Kier molecular flexibility index (Phi) is 24.9. The summed E-state index contributed by atoms with van der Waals surface area (Å²) < 4.78 is 68.3. The van der Waals surface area contributed by atoms with Crippen LogP contribution in [-0.2, 0) is 66.5 Å². The third-order valence-corrected chi connectivity index (χ3v) is 14.8. The molecule has 0 aromatic rings. The third-order valence-electron chi connectivity index (χ3n) is 14.8. The topological polar surface area (TPSA) is 335 Å². The molecule has 424 valence electrons. The number of unbranched alkanes of at least 4 members (excludes halogenated alkanes) is 2. The zero-order valence-corrected chi connectivity index (χ0v) is 43.4. The molecule has 0 amide bonds. The maximum Gasteiger partial charge on any atom is 0.311 e. The number of esters is 3. The first kappa shape index (κ1) is 61.6. The van der Waals surface area contributed by atoms with Crippen molar-refractivity contribution in [1.82, 2.24) is 0 Å². The second-order valence-corrected chi connectivity index (χ2v) is 20.5. The highest BCUT2D eigenvalue weighted by Gasteiger charge is 2.58. The molecule has 5 fully saturated rings. The largest absolute Gasteiger partial charge is 0.455 e. The summed E-state index contributed by atoms with van der Waals surface area (Å²) in [7, 11) is 0. The fourth-order valence-corrected chi connectivity index (χ4v) is 9.50. The van der Waals surface area contributed by atoms with Crippen LogP contribution in [-0.4, -0.2) is 212 Å². The van der Waals surface area contributed by atoms with Gasteiger partial charge in [-0.15, -0.1) is 0 Å². The monoisotopic (exact) mass is 1050 g/mol. The van der Waals surface area contributed by atoms with Crippen LogP contribution in [0.5, 0.6) is 0 Å². The van der Waals surface area contributed by atoms with Gasteiger partial charge in [-0.1, -0.05) is 78.6 Å². The fourth-order valence-electron chi connectivity index (χ4n) is 9.50. The molecule has 9 N–H and O–H groups in total. The minimum atomic E-state index is -1.97. The maximum absolute atomic E-state index is 13.8. The van der Waals surface area contributed by atoms with E-state index in [0.29, 0.717) is 32.1 Å². The zero-order chi connectivity index (χ0) is 53.7. The lowest BCUT2D eigenvalue weighted by atomic mass is 9.95. The number of fused-ring (bicyclic) bond motifs is 4. The number of aliphatic hydroxyl groups is 9. The molecule has 24 atom stereocenters. The Hall–Kier alpha value is -2.27. The van der Waals surface area contributed by atoms with Crippen molar-refractivity contribution >= 4 is 17.9 Å². The SMILES string of the molecule is CCCCCC1CCCCCCCCCC(=O)OC2C(OC(CO)C(O)C2OC(=O)C(C)CC)OC2C(O)C(CO)OC(OC3C(O1)OC(C)C(O)C3O)C2OC1OC(C)C(O)C(O)C1OC(=O)C(C)C(C)O. The van der Waals surface area contributed by atoms with E-state index in [1.54, 1.807) is 20.8 Å². The quantitative estimate of drug-likeness (QED) is 0.0650. The van der Waals surface area contributed by atoms with Crippen molar-refractivity contribution in [2.75, 3.05) is 13.2 Å². The van der Waals surface area contributed by atoms with Gasteiger partial charge in [-0.05, 0) is 53.4 Å². The van der Waals surface area contributed by atoms with E-state index in [4.69, 9.17) is 52.1 Å². The Balaban J connectivity index is 1.67. The Morgan fingerprint density at radius 1 is 0.603 bits per heavy atom. The molecule has 0 radical (unpaired) electrons. The van der Waals surface area contributed by atoms with Crippen LogP contribution in [0, 0.1) is 11.8 Å². The number of hydrogen-bond donors (Lipinski definition) is 9. The predicted molar refractivity (Wildman–Crippen MR) is 251 cm³/mol. The molecule has 5 heterocycles. The predicted octanol–water partition coefficient (Wildman–Crippen LogP) is 0.520. The molecule has 23 nitrogen and oxygen atoms in total. The van der Waals surface area contributed by atoms with Gasteiger partial charge in [-0.3, -0.25) is 14.4 Å². The summed E-state index contributed by atoms with van der Waals surface area (Å²) in [5.74, 6) is -4.46. The van der Waals surface area contributed by atoms with Crippen LogP contribution in [0.4, 0.5) is 0 Å². The van der Waals surface area contributed by atoms with Gasteiger partial charge < -0.3 is 98.1 Å². The molecular weight excluding hydrogens is 969 g/mol. The molecule has 2 bridgehead atoms. The van der Waals surface area contributed by atoms with Crippen LogP contribution < -0.4 is 0 Å². The molecule has 0 spiro atoms. The summed E-state index contributed by atoms with van der Waals surface area (Å²) in [6.07, 6.45) is -26.1. The molecule has 5 aliphatic heterocycles. The van der Waals surface area contributed by atoms with Crippen LogP contribution >= 0.6 is 0 Å². The number of aliphatic hydroxyl groups excluding tert-OH is 9. The Labute approximate surface area is 427 Å². The van der Waals surface area contributed by atoms with Crippen molar-refractivity contribution < 1.29 is 112 Å². The van der Waals surface area contributed by atoms with Crippen molar-refractivity contribution in [3.05, 3.63) is 0 Å². The Morgan fingerprint density at radius 2 is 1.18 bits per heavy atom. The highest BCUT2D eigenvalue weighted by Crippen LogP contribution is 2.38. The van der Waals surface area contributed by atoms with E-state index in [2.05, 4.69) is 6.92 Å². The first-order chi connectivity index (χ1) is 34.8. The van der Waals surface area contributed by atoms with Crippen molar-refractivity contribution in [3.8, 4) is 0 Å². The van der Waals surface area contributed by atoms with E-state index in [9.17, 15) is 60.3 Å². The van der Waals surface area contributed by atoms with E-state index in [1.165, 1.54) is 20.8 Å². The lowest BCUT2D eigenvalue weighted by Gasteiger charge is -2.51. The average Bonchev–Trinajstić information content (AvgIpc) is 3.36. The number of rotatable bonds is 14. The molecule has 73 heavy (non-hydrogen) atoms. The van der Waals surface area contributed by atoms with Crippen molar-refractivity contribution in [2.24, 2.45) is 11.8 Å². The standard InChI is InChI=1S/C50H86O23/c1-8-10-16-19-29-20-17-14-12-11-13-15-18-21-32(54)68-43-39(69-45(61)24(3)9-2)35(57)30(22-51)66-49(43)71-40-36(58)31(23-52)67-50(72-42-38(60)34(56)27(6)63-47(42)65-29)44(40)73-48-41(37(59)33(55)28(7)64-48)70-46(62)25(4)26(5)53/h24-31,33-44,47-53,55-60H,8-23H2,1-7H3. The van der Waals surface area contributed by atoms with E-state index in [0.717, 1.165) is 51.4 Å². The second-order valence-electron chi connectivity index (χ2n) is 20.5. The van der Waals surface area contributed by atoms with E-state index >= 15 is 0 Å². The average molecular weight is 1060 g/mol. The number of hydrogen-bond acceptors (Lipinski definition) is 23. The van der Waals surface area contributed by atoms with Crippen LogP contribution in [0.25, 0.3) is 0 Å². The van der Waals surface area contributed by atoms with Gasteiger partial charge in [0.2, 0.25) is 0 Å². The molecule has 24 unspecified atom stereocenters. The third kappa shape index (κ3) is 16.2. The summed E-state index contributed by atoms with van der Waals surface area (Å²) in [6.45, 7) is 9.21. The minimum absolute atomic E-state index is 0.101. The highest BCUT2D eigenvalue weighted by molar-refractivity contribution is 5.73. The van der Waals surface area contributed by atoms with Gasteiger partial charge in [0.25, 0.3) is 0 Å². The molecule has 5 saturated heterocycles.